The van der Waals surface area contributed by atoms with Gasteiger partial charge in [0, 0.05) is 6.54 Å². The Morgan fingerprint density at radius 3 is 2.76 bits per heavy atom. The topological polar surface area (TPSA) is 51.7 Å². The Bertz CT molecular complexity index is 505. The molecule has 1 saturated heterocycles. The van der Waals surface area contributed by atoms with Crippen molar-refractivity contribution in [2.75, 3.05) is 13.2 Å². The van der Waals surface area contributed by atoms with Crippen molar-refractivity contribution in [3.8, 4) is 5.75 Å². The summed E-state index contributed by atoms with van der Waals surface area (Å²) in [7, 11) is 0. The van der Waals surface area contributed by atoms with Crippen LogP contribution in [0.25, 0.3) is 6.08 Å². The van der Waals surface area contributed by atoms with Crippen molar-refractivity contribution >= 4 is 12.2 Å². The van der Waals surface area contributed by atoms with E-state index in [-0.39, 0.29) is 12.1 Å². The summed E-state index contributed by atoms with van der Waals surface area (Å²) in [6.07, 6.45) is 3.99. The molecule has 0 aromatic carbocycles. The van der Waals surface area contributed by atoms with Crippen LogP contribution in [0.4, 0.5) is 4.79 Å². The molecule has 1 amide bonds. The lowest BCUT2D eigenvalue weighted by atomic mass is 10.1. The van der Waals surface area contributed by atoms with Crippen molar-refractivity contribution in [3.05, 3.63) is 30.6 Å². The molecule has 21 heavy (non-hydrogen) atoms. The number of hydrogen-bond acceptors (Lipinski definition) is 4. The van der Waals surface area contributed by atoms with E-state index in [0.29, 0.717) is 12.4 Å². The van der Waals surface area contributed by atoms with Gasteiger partial charge in [0.1, 0.15) is 18.0 Å². The fourth-order valence-electron chi connectivity index (χ4n) is 1.97. The van der Waals surface area contributed by atoms with E-state index in [4.69, 9.17) is 9.47 Å². The highest BCUT2D eigenvalue weighted by Gasteiger charge is 2.35. The highest BCUT2D eigenvalue weighted by atomic mass is 16.6. The number of aromatic nitrogens is 1. The van der Waals surface area contributed by atoms with Gasteiger partial charge in [-0.3, -0.25) is 4.98 Å². The van der Waals surface area contributed by atoms with E-state index in [1.54, 1.807) is 17.2 Å². The SMILES string of the molecule is C=Cc1ccc(OC[C@@H]2CCN2C(=O)OC(C)(C)C)cn1. The quantitative estimate of drug-likeness (QED) is 0.855. The molecule has 1 aliphatic heterocycles. The van der Waals surface area contributed by atoms with E-state index in [1.807, 2.05) is 32.9 Å². The summed E-state index contributed by atoms with van der Waals surface area (Å²) in [6, 6.07) is 3.76. The summed E-state index contributed by atoms with van der Waals surface area (Å²) < 4.78 is 11.0. The van der Waals surface area contributed by atoms with Gasteiger partial charge in [-0.1, -0.05) is 6.58 Å². The van der Waals surface area contributed by atoms with Crippen LogP contribution in [-0.2, 0) is 4.74 Å². The standard InChI is InChI=1S/C16H22N2O3/c1-5-12-6-7-14(10-17-12)20-11-13-8-9-18(13)15(19)21-16(2,3)4/h5-7,10,13H,1,8-9,11H2,2-4H3/t13-/m0/s1. The minimum Gasteiger partial charge on any atom is -0.490 e. The van der Waals surface area contributed by atoms with Crippen LogP contribution in [0.3, 0.4) is 0 Å². The van der Waals surface area contributed by atoms with E-state index in [1.165, 1.54) is 0 Å². The molecule has 2 rings (SSSR count). The number of carbonyl (C=O) groups is 1. The zero-order valence-electron chi connectivity index (χ0n) is 12.8. The largest absolute Gasteiger partial charge is 0.490 e. The molecule has 1 fully saturated rings. The molecular formula is C16H22N2O3. The second-order valence-corrected chi connectivity index (χ2v) is 6.05. The Morgan fingerprint density at radius 2 is 2.29 bits per heavy atom. The van der Waals surface area contributed by atoms with Gasteiger partial charge < -0.3 is 14.4 Å². The van der Waals surface area contributed by atoms with E-state index < -0.39 is 5.60 Å². The first kappa shape index (κ1) is 15.4. The summed E-state index contributed by atoms with van der Waals surface area (Å²) in [5.74, 6) is 0.691. The van der Waals surface area contributed by atoms with Crippen molar-refractivity contribution < 1.29 is 14.3 Å². The molecule has 0 saturated carbocycles. The number of ether oxygens (including phenoxy) is 2. The third-order valence-corrected chi connectivity index (χ3v) is 3.18. The fraction of sp³-hybridized carbons (Fsp3) is 0.500. The monoisotopic (exact) mass is 290 g/mol. The Balaban J connectivity index is 1.83. The molecule has 0 bridgehead atoms. The number of amides is 1. The van der Waals surface area contributed by atoms with Gasteiger partial charge in [-0.05, 0) is 45.4 Å². The summed E-state index contributed by atoms with van der Waals surface area (Å²) in [6.45, 7) is 10.4. The summed E-state index contributed by atoms with van der Waals surface area (Å²) in [5, 5.41) is 0. The van der Waals surface area contributed by atoms with E-state index in [9.17, 15) is 4.79 Å². The number of hydrogen-bond donors (Lipinski definition) is 0. The van der Waals surface area contributed by atoms with Gasteiger partial charge in [-0.25, -0.2) is 4.79 Å². The van der Waals surface area contributed by atoms with E-state index in [0.717, 1.165) is 18.7 Å². The number of carbonyl (C=O) groups excluding carboxylic acids is 1. The third kappa shape index (κ3) is 4.21. The summed E-state index contributed by atoms with van der Waals surface area (Å²) in [5.41, 5.74) is 0.337. The molecule has 1 aromatic rings. The lowest BCUT2D eigenvalue weighted by molar-refractivity contribution is -0.0141. The van der Waals surface area contributed by atoms with Gasteiger partial charge in [-0.15, -0.1) is 0 Å². The smallest absolute Gasteiger partial charge is 0.410 e. The normalized spacial score (nSPS) is 17.9. The van der Waals surface area contributed by atoms with Gasteiger partial charge in [0.2, 0.25) is 0 Å². The molecule has 2 heterocycles. The van der Waals surface area contributed by atoms with Crippen LogP contribution in [-0.4, -0.2) is 40.8 Å². The first-order valence-corrected chi connectivity index (χ1v) is 7.10. The molecule has 0 radical (unpaired) electrons. The first-order valence-electron chi connectivity index (χ1n) is 7.10. The van der Waals surface area contributed by atoms with Gasteiger partial charge in [0.25, 0.3) is 0 Å². The van der Waals surface area contributed by atoms with E-state index >= 15 is 0 Å². The molecule has 1 atom stereocenters. The van der Waals surface area contributed by atoms with Crippen molar-refractivity contribution in [2.24, 2.45) is 0 Å². The maximum atomic E-state index is 12.0. The van der Waals surface area contributed by atoms with Crippen LogP contribution in [0.1, 0.15) is 32.9 Å². The highest BCUT2D eigenvalue weighted by Crippen LogP contribution is 2.22. The van der Waals surface area contributed by atoms with Gasteiger partial charge in [0.05, 0.1) is 17.9 Å². The Morgan fingerprint density at radius 1 is 1.52 bits per heavy atom. The predicted molar refractivity (Wildman–Crippen MR) is 81.2 cm³/mol. The van der Waals surface area contributed by atoms with E-state index in [2.05, 4.69) is 11.6 Å². The van der Waals surface area contributed by atoms with Crippen LogP contribution in [0.5, 0.6) is 5.75 Å². The molecule has 1 aliphatic rings. The minimum absolute atomic E-state index is 0.0685. The summed E-state index contributed by atoms with van der Waals surface area (Å²) >= 11 is 0. The number of pyridine rings is 1. The molecular weight excluding hydrogens is 268 g/mol. The van der Waals surface area contributed by atoms with Gasteiger partial charge in [-0.2, -0.15) is 0 Å². The van der Waals surface area contributed by atoms with Gasteiger partial charge >= 0.3 is 6.09 Å². The van der Waals surface area contributed by atoms with Crippen LogP contribution >= 0.6 is 0 Å². The van der Waals surface area contributed by atoms with Crippen LogP contribution < -0.4 is 4.74 Å². The zero-order valence-corrected chi connectivity index (χ0v) is 12.8. The Kier molecular flexibility index (Phi) is 4.50. The van der Waals surface area contributed by atoms with Crippen LogP contribution in [0.15, 0.2) is 24.9 Å². The highest BCUT2D eigenvalue weighted by molar-refractivity contribution is 5.69. The van der Waals surface area contributed by atoms with Crippen molar-refractivity contribution in [1.29, 1.82) is 0 Å². The second-order valence-electron chi connectivity index (χ2n) is 6.05. The third-order valence-electron chi connectivity index (χ3n) is 3.18. The maximum Gasteiger partial charge on any atom is 0.410 e. The molecule has 5 heteroatoms. The number of nitrogens with zero attached hydrogens (tertiary/aromatic N) is 2. The molecule has 114 valence electrons. The predicted octanol–water partition coefficient (Wildman–Crippen LogP) is 3.11. The maximum absolute atomic E-state index is 12.0. The molecule has 0 aliphatic carbocycles. The molecule has 0 unspecified atom stereocenters. The molecule has 0 spiro atoms. The first-order chi connectivity index (χ1) is 9.89. The Labute approximate surface area is 125 Å². The Hall–Kier alpha value is -2.04. The summed E-state index contributed by atoms with van der Waals surface area (Å²) in [4.78, 5) is 17.8. The van der Waals surface area contributed by atoms with Crippen molar-refractivity contribution in [1.82, 2.24) is 9.88 Å². The van der Waals surface area contributed by atoms with Crippen LogP contribution in [0.2, 0.25) is 0 Å². The minimum atomic E-state index is -0.470. The van der Waals surface area contributed by atoms with Crippen LogP contribution in [0, 0.1) is 0 Å². The second kappa shape index (κ2) is 6.16. The average Bonchev–Trinajstić information content (AvgIpc) is 2.36. The lowest BCUT2D eigenvalue weighted by Crippen LogP contribution is -2.55. The molecule has 0 N–H and O–H groups in total. The number of rotatable bonds is 4. The molecule has 5 nitrogen and oxygen atoms in total. The number of likely N-dealkylation sites (tertiary alicyclic amines) is 1. The average molecular weight is 290 g/mol. The van der Waals surface area contributed by atoms with Gasteiger partial charge in [0.15, 0.2) is 0 Å². The fourth-order valence-corrected chi connectivity index (χ4v) is 1.97. The van der Waals surface area contributed by atoms with Crippen molar-refractivity contribution in [2.45, 2.75) is 38.8 Å². The zero-order chi connectivity index (χ0) is 15.5. The molecule has 1 aromatic heterocycles. The lowest BCUT2D eigenvalue weighted by Gasteiger charge is -2.40. The van der Waals surface area contributed by atoms with Crippen molar-refractivity contribution in [3.63, 3.8) is 0 Å².